The Morgan fingerprint density at radius 3 is 2.80 bits per heavy atom. The Hall–Kier alpha value is -3.58. The second kappa shape index (κ2) is 10.4. The van der Waals surface area contributed by atoms with Crippen molar-refractivity contribution >= 4 is 17.4 Å². The van der Waals surface area contributed by atoms with Gasteiger partial charge in [0.05, 0.1) is 11.6 Å². The average Bonchev–Trinajstić information content (AvgIpc) is 3.33. The molecule has 0 saturated carbocycles. The zero-order valence-electron chi connectivity index (χ0n) is 20.5. The van der Waals surface area contributed by atoms with Gasteiger partial charge in [-0.25, -0.2) is 0 Å². The number of nitrogens with zero attached hydrogens (tertiary/aromatic N) is 2. The largest absolute Gasteiger partial charge is 0.507 e. The van der Waals surface area contributed by atoms with Crippen molar-refractivity contribution in [1.29, 1.82) is 0 Å². The van der Waals surface area contributed by atoms with E-state index in [9.17, 15) is 14.7 Å². The summed E-state index contributed by atoms with van der Waals surface area (Å²) in [5, 5.41) is 11.4. The highest BCUT2D eigenvalue weighted by Crippen LogP contribution is 2.41. The minimum Gasteiger partial charge on any atom is -0.507 e. The van der Waals surface area contributed by atoms with Crippen LogP contribution in [-0.4, -0.2) is 66.5 Å². The molecule has 184 valence electrons. The first-order valence-electron chi connectivity index (χ1n) is 11.9. The third kappa shape index (κ3) is 5.10. The molecule has 7 heteroatoms. The summed E-state index contributed by atoms with van der Waals surface area (Å²) < 4.78 is 11.5. The van der Waals surface area contributed by atoms with Crippen LogP contribution in [0.3, 0.4) is 0 Å². The summed E-state index contributed by atoms with van der Waals surface area (Å²) >= 11 is 0. The lowest BCUT2D eigenvalue weighted by atomic mass is 9.94. The van der Waals surface area contributed by atoms with E-state index in [0.29, 0.717) is 36.4 Å². The van der Waals surface area contributed by atoms with Gasteiger partial charge in [0.2, 0.25) is 0 Å². The first-order chi connectivity index (χ1) is 16.8. The van der Waals surface area contributed by atoms with Crippen LogP contribution in [0.15, 0.2) is 60.7 Å². The number of benzene rings is 2. The van der Waals surface area contributed by atoms with Crippen LogP contribution < -0.4 is 9.47 Å². The van der Waals surface area contributed by atoms with Crippen LogP contribution in [0.5, 0.6) is 11.5 Å². The molecule has 4 rings (SSSR count). The van der Waals surface area contributed by atoms with Gasteiger partial charge in [-0.15, -0.1) is 0 Å². The normalized spacial score (nSPS) is 20.7. The van der Waals surface area contributed by atoms with E-state index in [1.165, 1.54) is 0 Å². The summed E-state index contributed by atoms with van der Waals surface area (Å²) in [6.45, 7) is 7.15. The van der Waals surface area contributed by atoms with Crippen molar-refractivity contribution in [2.24, 2.45) is 0 Å². The Bertz CT molecular complexity index is 1170. The van der Waals surface area contributed by atoms with E-state index < -0.39 is 17.7 Å². The van der Waals surface area contributed by atoms with E-state index in [1.807, 2.05) is 56.3 Å². The first-order valence-corrected chi connectivity index (χ1v) is 11.9. The van der Waals surface area contributed by atoms with E-state index >= 15 is 0 Å². The van der Waals surface area contributed by atoms with E-state index in [1.54, 1.807) is 23.1 Å². The molecule has 0 bridgehead atoms. The van der Waals surface area contributed by atoms with E-state index in [4.69, 9.17) is 9.47 Å². The second-order valence-electron chi connectivity index (χ2n) is 9.28. The Morgan fingerprint density at radius 2 is 2.06 bits per heavy atom. The number of aliphatic hydroxyl groups is 1. The number of ether oxygens (including phenoxy) is 2. The van der Waals surface area contributed by atoms with Gasteiger partial charge in [0.1, 0.15) is 30.0 Å². The van der Waals surface area contributed by atoms with Crippen molar-refractivity contribution in [2.75, 3.05) is 33.8 Å². The van der Waals surface area contributed by atoms with Crippen molar-refractivity contribution in [1.82, 2.24) is 9.80 Å². The van der Waals surface area contributed by atoms with Crippen molar-refractivity contribution in [2.45, 2.75) is 31.9 Å². The van der Waals surface area contributed by atoms with Crippen molar-refractivity contribution in [3.8, 4) is 11.5 Å². The highest BCUT2D eigenvalue weighted by atomic mass is 16.5. The zero-order valence-corrected chi connectivity index (χ0v) is 20.5. The molecule has 2 aliphatic heterocycles. The molecule has 35 heavy (non-hydrogen) atoms. The van der Waals surface area contributed by atoms with Gasteiger partial charge in [-0.1, -0.05) is 24.8 Å². The molecule has 1 amide bonds. The lowest BCUT2D eigenvalue weighted by molar-refractivity contribution is -0.139. The number of likely N-dealkylation sites (tertiary alicyclic amines) is 1. The van der Waals surface area contributed by atoms with Crippen molar-refractivity contribution in [3.63, 3.8) is 0 Å². The third-order valence-corrected chi connectivity index (χ3v) is 6.26. The van der Waals surface area contributed by atoms with Crippen LogP contribution in [0.1, 0.15) is 36.1 Å². The highest BCUT2D eigenvalue weighted by molar-refractivity contribution is 6.46. The molecule has 1 N–H and O–H groups in total. The molecular formula is C28H32N2O5. The number of hydrogen-bond acceptors (Lipinski definition) is 6. The van der Waals surface area contributed by atoms with Gasteiger partial charge >= 0.3 is 0 Å². The fraction of sp³-hybridized carbons (Fsp3) is 0.357. The van der Waals surface area contributed by atoms with Crippen LogP contribution >= 0.6 is 0 Å². The summed E-state index contributed by atoms with van der Waals surface area (Å²) in [4.78, 5) is 30.0. The van der Waals surface area contributed by atoms with E-state index in [2.05, 4.69) is 6.58 Å². The van der Waals surface area contributed by atoms with E-state index in [-0.39, 0.29) is 17.4 Å². The molecule has 7 nitrogen and oxygen atoms in total. The van der Waals surface area contributed by atoms with Crippen LogP contribution in [0, 0.1) is 0 Å². The number of amides is 1. The van der Waals surface area contributed by atoms with Gasteiger partial charge in [0, 0.05) is 18.5 Å². The molecule has 2 aliphatic rings. The van der Waals surface area contributed by atoms with Crippen LogP contribution in [0.4, 0.5) is 0 Å². The number of Topliss-reactive ketones (excluding diaryl/α,β-unsaturated/α-hetero) is 1. The number of hydrogen-bond donors (Lipinski definition) is 1. The predicted molar refractivity (Wildman–Crippen MR) is 135 cm³/mol. The monoisotopic (exact) mass is 476 g/mol. The number of carbonyl (C=O) groups is 2. The van der Waals surface area contributed by atoms with Crippen molar-refractivity contribution < 1.29 is 24.2 Å². The van der Waals surface area contributed by atoms with Crippen molar-refractivity contribution in [3.05, 3.63) is 77.4 Å². The van der Waals surface area contributed by atoms with Gasteiger partial charge in [0.25, 0.3) is 11.7 Å². The Morgan fingerprint density at radius 1 is 1.26 bits per heavy atom. The number of fused-ring (bicyclic) bond motifs is 1. The number of carbonyl (C=O) groups excluding carboxylic acids is 2. The summed E-state index contributed by atoms with van der Waals surface area (Å²) in [5.74, 6) is -0.0827. The highest BCUT2D eigenvalue weighted by Gasteiger charge is 2.46. The molecule has 0 radical (unpaired) electrons. The smallest absolute Gasteiger partial charge is 0.295 e. The third-order valence-electron chi connectivity index (χ3n) is 6.26. The standard InChI is InChI=1S/C28H32N2O5/c1-5-14-34-22-9-6-8-19(17-22)25-24(27(32)28(33)30(25)13-7-12-29(3)4)26(31)20-10-11-23-21(16-20)15-18(2)35-23/h5-6,8-11,16-18,25,31H,1,7,12-15H2,2-4H3/b26-24+/t18-,25+/m1/s1. The molecule has 2 heterocycles. The molecule has 0 unspecified atom stereocenters. The lowest BCUT2D eigenvalue weighted by Crippen LogP contribution is -2.32. The van der Waals surface area contributed by atoms with Gasteiger partial charge < -0.3 is 24.4 Å². The van der Waals surface area contributed by atoms with E-state index in [0.717, 1.165) is 24.3 Å². The topological polar surface area (TPSA) is 79.3 Å². The van der Waals surface area contributed by atoms with Crippen LogP contribution in [-0.2, 0) is 16.0 Å². The molecule has 0 spiro atoms. The summed E-state index contributed by atoms with van der Waals surface area (Å²) in [6.07, 6.45) is 3.12. The molecule has 0 aromatic heterocycles. The molecule has 1 saturated heterocycles. The molecule has 1 fully saturated rings. The van der Waals surface area contributed by atoms with Gasteiger partial charge in [0.15, 0.2) is 0 Å². The predicted octanol–water partition coefficient (Wildman–Crippen LogP) is 3.95. The Balaban J connectivity index is 1.78. The van der Waals surface area contributed by atoms with Crippen LogP contribution in [0.2, 0.25) is 0 Å². The average molecular weight is 477 g/mol. The maximum absolute atomic E-state index is 13.3. The fourth-order valence-corrected chi connectivity index (χ4v) is 4.67. The molecule has 0 aliphatic carbocycles. The first kappa shape index (κ1) is 24.5. The molecule has 2 aromatic rings. The second-order valence-corrected chi connectivity index (χ2v) is 9.28. The summed E-state index contributed by atoms with van der Waals surface area (Å²) in [7, 11) is 3.93. The Kier molecular flexibility index (Phi) is 7.26. The maximum Gasteiger partial charge on any atom is 0.295 e. The van der Waals surface area contributed by atoms with Crippen LogP contribution in [0.25, 0.3) is 5.76 Å². The number of aliphatic hydroxyl groups excluding tert-OH is 1. The van der Waals surface area contributed by atoms with Gasteiger partial charge in [-0.2, -0.15) is 0 Å². The maximum atomic E-state index is 13.3. The minimum atomic E-state index is -0.715. The molecule has 2 atom stereocenters. The SMILES string of the molecule is C=CCOc1cccc([C@H]2/C(=C(\O)c3ccc4c(c3)C[C@@H](C)O4)C(=O)C(=O)N2CCCN(C)C)c1. The summed E-state index contributed by atoms with van der Waals surface area (Å²) in [6, 6.07) is 12.0. The number of ketones is 1. The Labute approximate surface area is 206 Å². The lowest BCUT2D eigenvalue weighted by Gasteiger charge is -2.26. The molecular weight excluding hydrogens is 444 g/mol. The fourth-order valence-electron chi connectivity index (χ4n) is 4.67. The summed E-state index contributed by atoms with van der Waals surface area (Å²) in [5.41, 5.74) is 2.26. The minimum absolute atomic E-state index is 0.0583. The molecule has 2 aromatic carbocycles. The number of rotatable bonds is 9. The van der Waals surface area contributed by atoms with Gasteiger partial charge in [-0.05, 0) is 75.4 Å². The van der Waals surface area contributed by atoms with Gasteiger partial charge in [-0.3, -0.25) is 9.59 Å². The zero-order chi connectivity index (χ0) is 25.1. The quantitative estimate of drug-likeness (QED) is 0.256.